The minimum Gasteiger partial charge on any atom is -0.443 e. The molecule has 0 unspecified atom stereocenters. The summed E-state index contributed by atoms with van der Waals surface area (Å²) in [4.78, 5) is 41.1. The Morgan fingerprint density at radius 2 is 1.63 bits per heavy atom. The molecule has 10 nitrogen and oxygen atoms in total. The third-order valence-corrected chi connectivity index (χ3v) is 6.49. The van der Waals surface area contributed by atoms with Gasteiger partial charge < -0.3 is 20.5 Å². The molecular weight excluding hydrogens is 522 g/mol. The zero-order valence-corrected chi connectivity index (χ0v) is 22.8. The number of carbonyl (C=O) groups is 3. The number of carbonyl (C=O) groups excluding carboxylic acids is 3. The summed E-state index contributed by atoms with van der Waals surface area (Å²) in [5.41, 5.74) is 12.6. The molecule has 0 aliphatic carbocycles. The van der Waals surface area contributed by atoms with Gasteiger partial charge in [0.15, 0.2) is 0 Å². The summed E-state index contributed by atoms with van der Waals surface area (Å²) < 4.78 is 10.7. The van der Waals surface area contributed by atoms with Crippen LogP contribution in [0.3, 0.4) is 0 Å². The number of morpholine rings is 1. The van der Waals surface area contributed by atoms with Gasteiger partial charge in [0.2, 0.25) is 5.91 Å². The SMILES string of the molecule is N/C(=N\C(=O)OCc1ccccc1)c1ccc(CNC(=O)C[C@H]2OCCN(NCCCc3ccccc3)C2=O)cc1. The van der Waals surface area contributed by atoms with Crippen molar-refractivity contribution < 1.29 is 23.9 Å². The third-order valence-electron chi connectivity index (χ3n) is 6.49. The van der Waals surface area contributed by atoms with Crippen LogP contribution in [0.4, 0.5) is 4.79 Å². The number of rotatable bonds is 12. The molecule has 0 spiro atoms. The van der Waals surface area contributed by atoms with E-state index < -0.39 is 12.2 Å². The largest absolute Gasteiger partial charge is 0.443 e. The van der Waals surface area contributed by atoms with Crippen molar-refractivity contribution in [3.05, 3.63) is 107 Å². The Labute approximate surface area is 239 Å². The van der Waals surface area contributed by atoms with E-state index in [2.05, 4.69) is 27.9 Å². The molecule has 1 atom stereocenters. The lowest BCUT2D eigenvalue weighted by molar-refractivity contribution is -0.160. The molecule has 214 valence electrons. The van der Waals surface area contributed by atoms with Crippen LogP contribution in [0.1, 0.15) is 35.1 Å². The second kappa shape index (κ2) is 15.3. The van der Waals surface area contributed by atoms with Gasteiger partial charge in [-0.1, -0.05) is 84.9 Å². The molecular formula is C31H35N5O5. The van der Waals surface area contributed by atoms with E-state index in [1.165, 1.54) is 5.56 Å². The fraction of sp³-hybridized carbons (Fsp3) is 0.290. The molecule has 3 aromatic rings. The van der Waals surface area contributed by atoms with Crippen molar-refractivity contribution in [3.8, 4) is 0 Å². The van der Waals surface area contributed by atoms with Gasteiger partial charge >= 0.3 is 6.09 Å². The molecule has 3 aromatic carbocycles. The summed E-state index contributed by atoms with van der Waals surface area (Å²) in [6, 6.07) is 26.4. The number of ether oxygens (including phenoxy) is 2. The van der Waals surface area contributed by atoms with E-state index in [1.54, 1.807) is 29.3 Å². The van der Waals surface area contributed by atoms with E-state index in [0.29, 0.717) is 25.3 Å². The number of aliphatic imine (C=N–C) groups is 1. The summed E-state index contributed by atoms with van der Waals surface area (Å²) in [5.74, 6) is -0.502. The monoisotopic (exact) mass is 557 g/mol. The first-order valence-corrected chi connectivity index (χ1v) is 13.6. The van der Waals surface area contributed by atoms with Crippen molar-refractivity contribution in [2.24, 2.45) is 10.7 Å². The summed E-state index contributed by atoms with van der Waals surface area (Å²) in [6.07, 6.45) is 0.131. The van der Waals surface area contributed by atoms with E-state index in [1.807, 2.05) is 48.5 Å². The Bertz CT molecular complexity index is 1320. The van der Waals surface area contributed by atoms with E-state index in [4.69, 9.17) is 15.2 Å². The summed E-state index contributed by atoms with van der Waals surface area (Å²) in [5, 5.41) is 4.37. The van der Waals surface area contributed by atoms with Gasteiger partial charge in [-0.25, -0.2) is 10.2 Å². The average molecular weight is 558 g/mol. The number of amides is 3. The number of amidine groups is 1. The fourth-order valence-corrected chi connectivity index (χ4v) is 4.24. The van der Waals surface area contributed by atoms with E-state index in [-0.39, 0.29) is 37.2 Å². The first-order chi connectivity index (χ1) is 20.0. The number of hydrogen-bond acceptors (Lipinski definition) is 6. The minimum absolute atomic E-state index is 0.0323. The molecule has 0 bridgehead atoms. The van der Waals surface area contributed by atoms with Crippen LogP contribution in [0, 0.1) is 0 Å². The van der Waals surface area contributed by atoms with Crippen molar-refractivity contribution in [1.29, 1.82) is 0 Å². The van der Waals surface area contributed by atoms with Gasteiger partial charge in [-0.05, 0) is 29.5 Å². The molecule has 4 N–H and O–H groups in total. The Kier molecular flexibility index (Phi) is 11.0. The lowest BCUT2D eigenvalue weighted by Gasteiger charge is -2.32. The van der Waals surface area contributed by atoms with Gasteiger partial charge in [-0.3, -0.25) is 14.6 Å². The molecule has 41 heavy (non-hydrogen) atoms. The van der Waals surface area contributed by atoms with Crippen LogP contribution in [0.5, 0.6) is 0 Å². The Balaban J connectivity index is 1.17. The summed E-state index contributed by atoms with van der Waals surface area (Å²) in [6.45, 7) is 1.82. The lowest BCUT2D eigenvalue weighted by Crippen LogP contribution is -2.55. The van der Waals surface area contributed by atoms with Crippen molar-refractivity contribution in [3.63, 3.8) is 0 Å². The van der Waals surface area contributed by atoms with Crippen LogP contribution in [0.25, 0.3) is 0 Å². The standard InChI is InChI=1S/C31H35N5O5/c32-29(35-31(39)41-22-25-10-5-2-6-11-25)26-15-13-24(14-16-26)21-33-28(37)20-27-30(38)36(18-19-40-27)34-17-7-12-23-8-3-1-4-9-23/h1-6,8-11,13-16,27,34H,7,12,17-22H2,(H,33,37)(H2,32,35,39)/t27-/m1/s1. The minimum atomic E-state index is -0.828. The maximum Gasteiger partial charge on any atom is 0.435 e. The fourth-order valence-electron chi connectivity index (χ4n) is 4.24. The zero-order valence-electron chi connectivity index (χ0n) is 22.8. The Morgan fingerprint density at radius 3 is 2.34 bits per heavy atom. The molecule has 1 fully saturated rings. The first kappa shape index (κ1) is 29.4. The number of nitrogens with two attached hydrogens (primary N) is 1. The molecule has 1 heterocycles. The maximum atomic E-state index is 12.8. The van der Waals surface area contributed by atoms with Crippen molar-refractivity contribution in [2.75, 3.05) is 19.7 Å². The number of nitrogens with one attached hydrogen (secondary N) is 2. The smallest absolute Gasteiger partial charge is 0.435 e. The summed E-state index contributed by atoms with van der Waals surface area (Å²) >= 11 is 0. The molecule has 1 aliphatic heterocycles. The van der Waals surface area contributed by atoms with Gasteiger partial charge in [0.1, 0.15) is 18.5 Å². The number of nitrogens with zero attached hydrogens (tertiary/aromatic N) is 2. The average Bonchev–Trinajstić information content (AvgIpc) is 3.00. The van der Waals surface area contributed by atoms with Gasteiger partial charge in [-0.2, -0.15) is 4.99 Å². The Morgan fingerprint density at radius 1 is 0.951 bits per heavy atom. The van der Waals surface area contributed by atoms with Crippen LogP contribution in [0.15, 0.2) is 89.9 Å². The highest BCUT2D eigenvalue weighted by atomic mass is 16.5. The number of benzene rings is 3. The molecule has 0 saturated carbocycles. The van der Waals surface area contributed by atoms with Gasteiger partial charge in [0.25, 0.3) is 5.91 Å². The first-order valence-electron chi connectivity index (χ1n) is 13.6. The van der Waals surface area contributed by atoms with E-state index in [0.717, 1.165) is 24.0 Å². The van der Waals surface area contributed by atoms with Crippen LogP contribution in [0.2, 0.25) is 0 Å². The number of hydrazine groups is 1. The van der Waals surface area contributed by atoms with Crippen molar-refractivity contribution in [1.82, 2.24) is 15.8 Å². The number of hydrogen-bond donors (Lipinski definition) is 3. The van der Waals surface area contributed by atoms with Crippen molar-refractivity contribution in [2.45, 2.75) is 38.5 Å². The van der Waals surface area contributed by atoms with Crippen LogP contribution < -0.4 is 16.5 Å². The predicted octanol–water partition coefficient (Wildman–Crippen LogP) is 3.10. The zero-order chi connectivity index (χ0) is 28.9. The molecule has 4 rings (SSSR count). The molecule has 10 heteroatoms. The molecule has 1 aliphatic rings. The van der Waals surface area contributed by atoms with Gasteiger partial charge in [0.05, 0.1) is 19.6 Å². The second-order valence-electron chi connectivity index (χ2n) is 9.56. The van der Waals surface area contributed by atoms with Crippen molar-refractivity contribution >= 4 is 23.7 Å². The normalized spacial score (nSPS) is 15.4. The third kappa shape index (κ3) is 9.55. The lowest BCUT2D eigenvalue weighted by atomic mass is 10.1. The molecule has 3 amide bonds. The predicted molar refractivity (Wildman–Crippen MR) is 154 cm³/mol. The van der Waals surface area contributed by atoms with Crippen LogP contribution in [-0.2, 0) is 38.6 Å². The molecule has 1 saturated heterocycles. The van der Waals surface area contributed by atoms with E-state index in [9.17, 15) is 14.4 Å². The molecule has 0 aromatic heterocycles. The highest BCUT2D eigenvalue weighted by molar-refractivity contribution is 6.02. The Hall–Kier alpha value is -4.54. The highest BCUT2D eigenvalue weighted by Crippen LogP contribution is 2.11. The van der Waals surface area contributed by atoms with Crippen LogP contribution >= 0.6 is 0 Å². The highest BCUT2D eigenvalue weighted by Gasteiger charge is 2.31. The summed E-state index contributed by atoms with van der Waals surface area (Å²) in [7, 11) is 0. The number of aryl methyl sites for hydroxylation is 1. The van der Waals surface area contributed by atoms with E-state index >= 15 is 0 Å². The van der Waals surface area contributed by atoms with Gasteiger partial charge in [0, 0.05) is 18.7 Å². The van der Waals surface area contributed by atoms with Gasteiger partial charge in [-0.15, -0.1) is 0 Å². The second-order valence-corrected chi connectivity index (χ2v) is 9.56. The maximum absolute atomic E-state index is 12.8. The van der Waals surface area contributed by atoms with Crippen LogP contribution in [-0.4, -0.2) is 54.6 Å². The topological polar surface area (TPSA) is 135 Å². The quantitative estimate of drug-likeness (QED) is 0.177. The molecule has 0 radical (unpaired) electrons.